The molecule has 1 aliphatic rings. The summed E-state index contributed by atoms with van der Waals surface area (Å²) in [6.07, 6.45) is -0.613. The molecule has 0 saturated heterocycles. The van der Waals surface area contributed by atoms with Crippen molar-refractivity contribution in [2.45, 2.75) is 43.9 Å². The highest BCUT2D eigenvalue weighted by Crippen LogP contribution is 2.35. The summed E-state index contributed by atoms with van der Waals surface area (Å²) >= 11 is 2.45. The van der Waals surface area contributed by atoms with E-state index in [0.717, 1.165) is 48.6 Å². The first-order valence-electron chi connectivity index (χ1n) is 9.83. The standard InChI is InChI=1S/C21H20F3N3O2S2/c1-12-6-8-13(9-7-12)27-19(29)17-14-4-2-3-5-15(14)31-18(17)26-20(27)30-10-16(28)25-11-21(22,23)24/h6-9H,2-5,10-11H2,1H3,(H,25,28). The van der Waals surface area contributed by atoms with Gasteiger partial charge in [0.1, 0.15) is 11.4 Å². The number of aromatic nitrogens is 2. The minimum Gasteiger partial charge on any atom is -0.346 e. The molecular formula is C21H20F3N3O2S2. The molecule has 2 heterocycles. The van der Waals surface area contributed by atoms with Crippen molar-refractivity contribution in [1.82, 2.24) is 14.9 Å². The lowest BCUT2D eigenvalue weighted by atomic mass is 9.97. The van der Waals surface area contributed by atoms with Gasteiger partial charge >= 0.3 is 6.18 Å². The number of benzene rings is 1. The van der Waals surface area contributed by atoms with Gasteiger partial charge in [0, 0.05) is 4.88 Å². The van der Waals surface area contributed by atoms with E-state index in [2.05, 4.69) is 4.98 Å². The van der Waals surface area contributed by atoms with Crippen molar-refractivity contribution in [3.8, 4) is 5.69 Å². The number of amides is 1. The van der Waals surface area contributed by atoms with Crippen molar-refractivity contribution in [2.24, 2.45) is 0 Å². The molecule has 0 spiro atoms. The summed E-state index contributed by atoms with van der Waals surface area (Å²) < 4.78 is 38.5. The highest BCUT2D eigenvalue weighted by atomic mass is 32.2. The van der Waals surface area contributed by atoms with Gasteiger partial charge < -0.3 is 5.32 Å². The molecule has 0 radical (unpaired) electrons. The smallest absolute Gasteiger partial charge is 0.346 e. The number of fused-ring (bicyclic) bond motifs is 3. The van der Waals surface area contributed by atoms with Crippen molar-refractivity contribution >= 4 is 39.2 Å². The lowest BCUT2D eigenvalue weighted by Gasteiger charge is -2.14. The summed E-state index contributed by atoms with van der Waals surface area (Å²) in [5, 5.41) is 2.76. The highest BCUT2D eigenvalue weighted by Gasteiger charge is 2.28. The van der Waals surface area contributed by atoms with Crippen LogP contribution in [0.3, 0.4) is 0 Å². The molecule has 3 aromatic rings. The van der Waals surface area contributed by atoms with E-state index < -0.39 is 18.6 Å². The van der Waals surface area contributed by atoms with Crippen molar-refractivity contribution in [1.29, 1.82) is 0 Å². The maximum atomic E-state index is 13.5. The number of thioether (sulfide) groups is 1. The molecule has 1 aliphatic carbocycles. The summed E-state index contributed by atoms with van der Waals surface area (Å²) in [5.74, 6) is -1.04. The van der Waals surface area contributed by atoms with E-state index in [9.17, 15) is 22.8 Å². The van der Waals surface area contributed by atoms with Crippen LogP contribution >= 0.6 is 23.1 Å². The van der Waals surface area contributed by atoms with Crippen LogP contribution in [-0.2, 0) is 17.6 Å². The second-order valence-electron chi connectivity index (χ2n) is 7.44. The monoisotopic (exact) mass is 467 g/mol. The van der Waals surface area contributed by atoms with E-state index in [-0.39, 0.29) is 11.3 Å². The first kappa shape index (κ1) is 21.9. The molecule has 5 nitrogen and oxygen atoms in total. The lowest BCUT2D eigenvalue weighted by molar-refractivity contribution is -0.136. The third-order valence-electron chi connectivity index (χ3n) is 5.07. The van der Waals surface area contributed by atoms with E-state index in [1.165, 1.54) is 20.8 Å². The van der Waals surface area contributed by atoms with Crippen LogP contribution in [0, 0.1) is 6.92 Å². The number of alkyl halides is 3. The number of carbonyl (C=O) groups is 1. The third-order valence-corrected chi connectivity index (χ3v) is 7.19. The zero-order valence-electron chi connectivity index (χ0n) is 16.7. The van der Waals surface area contributed by atoms with Gasteiger partial charge in [-0.15, -0.1) is 11.3 Å². The largest absolute Gasteiger partial charge is 0.405 e. The van der Waals surface area contributed by atoms with Gasteiger partial charge in [0.15, 0.2) is 5.16 Å². The number of hydrogen-bond donors (Lipinski definition) is 1. The average Bonchev–Trinajstić information content (AvgIpc) is 3.10. The van der Waals surface area contributed by atoms with Crippen LogP contribution in [0.15, 0.2) is 34.2 Å². The fourth-order valence-electron chi connectivity index (χ4n) is 3.58. The quantitative estimate of drug-likeness (QED) is 0.446. The zero-order chi connectivity index (χ0) is 22.2. The van der Waals surface area contributed by atoms with Gasteiger partial charge in [-0.3, -0.25) is 14.2 Å². The molecule has 2 aromatic heterocycles. The van der Waals surface area contributed by atoms with Crippen LogP contribution in [0.1, 0.15) is 28.8 Å². The summed E-state index contributed by atoms with van der Waals surface area (Å²) in [7, 11) is 0. The van der Waals surface area contributed by atoms with E-state index in [4.69, 9.17) is 0 Å². The molecule has 10 heteroatoms. The van der Waals surface area contributed by atoms with Crippen LogP contribution in [0.25, 0.3) is 15.9 Å². The first-order chi connectivity index (χ1) is 14.7. The van der Waals surface area contributed by atoms with Gasteiger partial charge in [-0.05, 0) is 50.3 Å². The maximum absolute atomic E-state index is 13.5. The number of aryl methyl sites for hydroxylation is 3. The average molecular weight is 468 g/mol. The maximum Gasteiger partial charge on any atom is 0.405 e. The predicted octanol–water partition coefficient (Wildman–Crippen LogP) is 4.41. The molecular weight excluding hydrogens is 447 g/mol. The Bertz CT molecular complexity index is 1180. The number of nitrogens with zero attached hydrogens (tertiary/aromatic N) is 2. The van der Waals surface area contributed by atoms with Crippen molar-refractivity contribution in [3.05, 3.63) is 50.6 Å². The molecule has 1 amide bonds. The SMILES string of the molecule is Cc1ccc(-n2c(SCC(=O)NCC(F)(F)F)nc3sc4c(c3c2=O)CCCC4)cc1. The number of rotatable bonds is 5. The molecule has 1 aromatic carbocycles. The Kier molecular flexibility index (Phi) is 6.11. The minimum atomic E-state index is -4.47. The van der Waals surface area contributed by atoms with Gasteiger partial charge in [-0.2, -0.15) is 13.2 Å². The van der Waals surface area contributed by atoms with Crippen molar-refractivity contribution < 1.29 is 18.0 Å². The Morgan fingerprint density at radius 2 is 1.94 bits per heavy atom. The van der Waals surface area contributed by atoms with E-state index in [1.54, 1.807) is 12.1 Å². The van der Waals surface area contributed by atoms with E-state index in [0.29, 0.717) is 21.1 Å². The van der Waals surface area contributed by atoms with Gasteiger partial charge in [0.25, 0.3) is 5.56 Å². The Hall–Kier alpha value is -2.33. The normalized spacial score (nSPS) is 13.9. The number of thiophene rings is 1. The molecule has 0 saturated carbocycles. The number of nitrogens with one attached hydrogen (secondary N) is 1. The fourth-order valence-corrected chi connectivity index (χ4v) is 5.73. The molecule has 31 heavy (non-hydrogen) atoms. The number of halogens is 3. The zero-order valence-corrected chi connectivity index (χ0v) is 18.3. The van der Waals surface area contributed by atoms with Gasteiger partial charge in [-0.25, -0.2) is 4.98 Å². The van der Waals surface area contributed by atoms with Crippen LogP contribution in [-0.4, -0.2) is 33.9 Å². The Morgan fingerprint density at radius 3 is 2.65 bits per heavy atom. The van der Waals surface area contributed by atoms with Crippen molar-refractivity contribution in [3.63, 3.8) is 0 Å². The van der Waals surface area contributed by atoms with Crippen LogP contribution < -0.4 is 10.9 Å². The molecule has 0 atom stereocenters. The second-order valence-corrected chi connectivity index (χ2v) is 9.47. The van der Waals surface area contributed by atoms with Crippen LogP contribution in [0.4, 0.5) is 13.2 Å². The summed E-state index contributed by atoms with van der Waals surface area (Å²) in [6, 6.07) is 7.35. The van der Waals surface area contributed by atoms with Gasteiger partial charge in [0.2, 0.25) is 5.91 Å². The molecule has 0 bridgehead atoms. The Balaban J connectivity index is 1.74. The third kappa shape index (κ3) is 4.79. The van der Waals surface area contributed by atoms with E-state index in [1.807, 2.05) is 24.4 Å². The van der Waals surface area contributed by atoms with Gasteiger partial charge in [-0.1, -0.05) is 29.5 Å². The molecule has 4 rings (SSSR count). The van der Waals surface area contributed by atoms with E-state index >= 15 is 0 Å². The lowest BCUT2D eigenvalue weighted by Crippen LogP contribution is -2.35. The molecule has 0 aliphatic heterocycles. The minimum absolute atomic E-state index is 0.202. The second kappa shape index (κ2) is 8.66. The summed E-state index contributed by atoms with van der Waals surface area (Å²) in [5.41, 5.74) is 2.49. The number of carbonyl (C=O) groups excluding carboxylic acids is 1. The Labute approximate surface area is 184 Å². The molecule has 164 valence electrons. The van der Waals surface area contributed by atoms with Crippen LogP contribution in [0.2, 0.25) is 0 Å². The topological polar surface area (TPSA) is 64.0 Å². The Morgan fingerprint density at radius 1 is 1.23 bits per heavy atom. The van der Waals surface area contributed by atoms with Crippen molar-refractivity contribution in [2.75, 3.05) is 12.3 Å². The predicted molar refractivity (Wildman–Crippen MR) is 116 cm³/mol. The number of hydrogen-bond acceptors (Lipinski definition) is 5. The summed E-state index contributed by atoms with van der Waals surface area (Å²) in [4.78, 5) is 31.9. The highest BCUT2D eigenvalue weighted by molar-refractivity contribution is 7.99. The molecule has 1 N–H and O–H groups in total. The molecule has 0 unspecified atom stereocenters. The van der Waals surface area contributed by atoms with Crippen LogP contribution in [0.5, 0.6) is 0 Å². The fraction of sp³-hybridized carbons (Fsp3) is 0.381. The summed E-state index contributed by atoms with van der Waals surface area (Å²) in [6.45, 7) is 0.547. The molecule has 0 fully saturated rings. The van der Waals surface area contributed by atoms with Gasteiger partial charge in [0.05, 0.1) is 16.8 Å². The first-order valence-corrected chi connectivity index (χ1v) is 11.6.